The monoisotopic (exact) mass is 364 g/mol. The zero-order chi connectivity index (χ0) is 19.8. The average Bonchev–Trinajstić information content (AvgIpc) is 2.65. The van der Waals surface area contributed by atoms with Crippen molar-refractivity contribution < 1.29 is 19.8 Å². The summed E-state index contributed by atoms with van der Waals surface area (Å²) in [5.74, 6) is -2.19. The van der Waals surface area contributed by atoms with Crippen LogP contribution in [0.25, 0.3) is 6.08 Å². The van der Waals surface area contributed by atoms with Crippen molar-refractivity contribution in [2.45, 2.75) is 0 Å². The van der Waals surface area contributed by atoms with Gasteiger partial charge in [-0.15, -0.1) is 0 Å². The molecule has 2 aromatic rings. The van der Waals surface area contributed by atoms with Crippen LogP contribution in [0.3, 0.4) is 0 Å². The van der Waals surface area contributed by atoms with Gasteiger partial charge in [0.2, 0.25) is 0 Å². The van der Waals surface area contributed by atoms with E-state index in [0.717, 1.165) is 5.69 Å². The van der Waals surface area contributed by atoms with Crippen LogP contribution >= 0.6 is 0 Å². The molecule has 0 heterocycles. The van der Waals surface area contributed by atoms with Crippen molar-refractivity contribution in [2.75, 3.05) is 18.5 Å². The summed E-state index contributed by atoms with van der Waals surface area (Å²) in [6.07, 6.45) is 1.27. The molecule has 0 radical (unpaired) electrons. The van der Waals surface area contributed by atoms with Gasteiger partial charge in [-0.1, -0.05) is 12.1 Å². The van der Waals surface area contributed by atoms with E-state index in [-0.39, 0.29) is 12.1 Å². The zero-order valence-corrected chi connectivity index (χ0v) is 14.4. The standard InChI is InChI=1S/C19H16N4O4/c1-23(12-18(24)25)17-8-6-16(7-9-17)22-21-15-4-2-13(3-5-15)10-14(11-20)19(26)27/h2-10H,12H2,1H3,(H,24,25)(H,26,27)/b14-10-,22-21?. The molecule has 0 aliphatic carbocycles. The zero-order valence-electron chi connectivity index (χ0n) is 14.4. The molecular weight excluding hydrogens is 348 g/mol. The molecule has 136 valence electrons. The molecule has 0 saturated heterocycles. The molecule has 8 nitrogen and oxygen atoms in total. The molecule has 0 spiro atoms. The summed E-state index contributed by atoms with van der Waals surface area (Å²) in [5, 5.41) is 34.6. The van der Waals surface area contributed by atoms with Gasteiger partial charge >= 0.3 is 11.9 Å². The minimum Gasteiger partial charge on any atom is -0.480 e. The number of likely N-dealkylation sites (N-methyl/N-ethyl adjacent to an activating group) is 1. The van der Waals surface area contributed by atoms with Crippen molar-refractivity contribution in [1.82, 2.24) is 0 Å². The predicted octanol–water partition coefficient (Wildman–Crippen LogP) is 3.61. The van der Waals surface area contributed by atoms with Crippen molar-refractivity contribution >= 4 is 35.1 Å². The number of nitrogens with zero attached hydrogens (tertiary/aromatic N) is 4. The van der Waals surface area contributed by atoms with Gasteiger partial charge in [0.15, 0.2) is 0 Å². The lowest BCUT2D eigenvalue weighted by Gasteiger charge is -2.16. The molecule has 2 rings (SSSR count). The Morgan fingerprint density at radius 3 is 2.00 bits per heavy atom. The number of aliphatic carboxylic acids is 2. The molecule has 27 heavy (non-hydrogen) atoms. The molecule has 8 heteroatoms. The topological polar surface area (TPSA) is 126 Å². The van der Waals surface area contributed by atoms with Gasteiger partial charge in [-0.05, 0) is 48.0 Å². The second kappa shape index (κ2) is 8.92. The number of hydrogen-bond donors (Lipinski definition) is 2. The Morgan fingerprint density at radius 2 is 1.56 bits per heavy atom. The number of rotatable bonds is 7. The summed E-state index contributed by atoms with van der Waals surface area (Å²) in [4.78, 5) is 23.1. The minimum absolute atomic E-state index is 0.100. The lowest BCUT2D eigenvalue weighted by Crippen LogP contribution is -2.24. The lowest BCUT2D eigenvalue weighted by atomic mass is 10.1. The van der Waals surface area contributed by atoms with Crippen LogP contribution in [0.5, 0.6) is 0 Å². The van der Waals surface area contributed by atoms with Gasteiger partial charge in [0.25, 0.3) is 0 Å². The highest BCUT2D eigenvalue weighted by Gasteiger charge is 2.06. The summed E-state index contributed by atoms with van der Waals surface area (Å²) >= 11 is 0. The van der Waals surface area contributed by atoms with Gasteiger partial charge in [0.05, 0.1) is 11.4 Å². The Hall–Kier alpha value is -3.99. The fraction of sp³-hybridized carbons (Fsp3) is 0.105. The molecule has 0 fully saturated rings. The Morgan fingerprint density at radius 1 is 1.04 bits per heavy atom. The SMILES string of the molecule is CN(CC(=O)O)c1ccc(N=Nc2ccc(/C=C(/C#N)C(=O)O)cc2)cc1. The molecule has 0 amide bonds. The first-order valence-corrected chi connectivity index (χ1v) is 7.79. The third kappa shape index (κ3) is 5.79. The summed E-state index contributed by atoms with van der Waals surface area (Å²) in [6.45, 7) is -0.100. The first kappa shape index (κ1) is 19.3. The number of benzene rings is 2. The van der Waals surface area contributed by atoms with E-state index >= 15 is 0 Å². The highest BCUT2D eigenvalue weighted by Crippen LogP contribution is 2.22. The van der Waals surface area contributed by atoms with Gasteiger partial charge in [0, 0.05) is 12.7 Å². The Kier molecular flexibility index (Phi) is 6.39. The van der Waals surface area contributed by atoms with E-state index in [4.69, 9.17) is 15.5 Å². The Bertz CT molecular complexity index is 926. The van der Waals surface area contributed by atoms with Crippen molar-refractivity contribution in [1.29, 1.82) is 5.26 Å². The normalized spacial score (nSPS) is 11.2. The minimum atomic E-state index is -1.28. The molecule has 2 aromatic carbocycles. The fourth-order valence-corrected chi connectivity index (χ4v) is 2.13. The van der Waals surface area contributed by atoms with E-state index in [1.165, 1.54) is 6.08 Å². The van der Waals surface area contributed by atoms with Crippen LogP contribution in [0.1, 0.15) is 5.56 Å². The maximum atomic E-state index is 10.8. The number of carbonyl (C=O) groups is 2. The molecule has 0 unspecified atom stereocenters. The Labute approximate surface area is 155 Å². The summed E-state index contributed by atoms with van der Waals surface area (Å²) in [7, 11) is 1.68. The first-order valence-electron chi connectivity index (χ1n) is 7.79. The largest absolute Gasteiger partial charge is 0.480 e. The van der Waals surface area contributed by atoms with Crippen LogP contribution in [-0.4, -0.2) is 35.7 Å². The third-order valence-electron chi connectivity index (χ3n) is 3.50. The highest BCUT2D eigenvalue weighted by molar-refractivity contribution is 5.96. The van der Waals surface area contributed by atoms with Crippen LogP contribution in [-0.2, 0) is 9.59 Å². The number of nitriles is 1. The van der Waals surface area contributed by atoms with Gasteiger partial charge in [-0.3, -0.25) is 4.79 Å². The molecule has 0 bridgehead atoms. The van der Waals surface area contributed by atoms with E-state index in [0.29, 0.717) is 16.9 Å². The number of hydrogen-bond acceptors (Lipinski definition) is 6. The summed E-state index contributed by atoms with van der Waals surface area (Å²) in [6, 6.07) is 15.1. The van der Waals surface area contributed by atoms with Crippen LogP contribution in [0.4, 0.5) is 17.1 Å². The van der Waals surface area contributed by atoms with Crippen LogP contribution < -0.4 is 4.90 Å². The smallest absolute Gasteiger partial charge is 0.346 e. The molecule has 0 atom stereocenters. The number of carboxylic acids is 2. The van der Waals surface area contributed by atoms with E-state index in [1.54, 1.807) is 66.5 Å². The van der Waals surface area contributed by atoms with Gasteiger partial charge < -0.3 is 15.1 Å². The van der Waals surface area contributed by atoms with E-state index in [2.05, 4.69) is 10.2 Å². The number of carboxylic acid groups (broad SMARTS) is 2. The summed E-state index contributed by atoms with van der Waals surface area (Å²) < 4.78 is 0. The fourth-order valence-electron chi connectivity index (χ4n) is 2.13. The maximum absolute atomic E-state index is 10.8. The molecule has 0 aliphatic rings. The molecule has 2 N–H and O–H groups in total. The molecule has 0 saturated carbocycles. The second-order valence-electron chi connectivity index (χ2n) is 5.53. The van der Waals surface area contributed by atoms with Crippen molar-refractivity contribution in [2.24, 2.45) is 10.2 Å². The van der Waals surface area contributed by atoms with E-state index in [1.807, 2.05) is 0 Å². The van der Waals surface area contributed by atoms with Gasteiger partial charge in [-0.25, -0.2) is 4.79 Å². The Balaban J connectivity index is 2.07. The maximum Gasteiger partial charge on any atom is 0.346 e. The molecule has 0 aromatic heterocycles. The highest BCUT2D eigenvalue weighted by atomic mass is 16.4. The van der Waals surface area contributed by atoms with Crippen molar-refractivity contribution in [3.8, 4) is 6.07 Å². The van der Waals surface area contributed by atoms with E-state index in [9.17, 15) is 9.59 Å². The lowest BCUT2D eigenvalue weighted by molar-refractivity contribution is -0.135. The quantitative estimate of drug-likeness (QED) is 0.439. The van der Waals surface area contributed by atoms with E-state index < -0.39 is 11.9 Å². The number of azo groups is 1. The van der Waals surface area contributed by atoms with Crippen LogP contribution in [0.15, 0.2) is 64.3 Å². The molecule has 0 aliphatic heterocycles. The second-order valence-corrected chi connectivity index (χ2v) is 5.53. The first-order chi connectivity index (χ1) is 12.9. The average molecular weight is 364 g/mol. The van der Waals surface area contributed by atoms with Gasteiger partial charge in [0.1, 0.15) is 18.2 Å². The van der Waals surface area contributed by atoms with Crippen LogP contribution in [0, 0.1) is 11.3 Å². The number of anilines is 1. The predicted molar refractivity (Wildman–Crippen MR) is 99.2 cm³/mol. The third-order valence-corrected chi connectivity index (χ3v) is 3.50. The van der Waals surface area contributed by atoms with Crippen LogP contribution in [0.2, 0.25) is 0 Å². The summed E-state index contributed by atoms with van der Waals surface area (Å²) in [5.41, 5.74) is 2.13. The van der Waals surface area contributed by atoms with Gasteiger partial charge in [-0.2, -0.15) is 15.5 Å². The van der Waals surface area contributed by atoms with Crippen molar-refractivity contribution in [3.63, 3.8) is 0 Å². The van der Waals surface area contributed by atoms with Crippen molar-refractivity contribution in [3.05, 3.63) is 59.7 Å². The molecular formula is C19H16N4O4.